The molecule has 0 fully saturated rings. The number of hydrogen-bond donors (Lipinski definition) is 2. The first-order valence-electron chi connectivity index (χ1n) is 7.24. The standard InChI is InChI=1S/C16H26N2O2/c1-5-14(17-4)13-8-6-7-9-15(13)20-11-16(19)18-10-12(2)3/h6-9,12,14,17H,5,10-11H2,1-4H3,(H,18,19). The highest BCUT2D eigenvalue weighted by Crippen LogP contribution is 2.26. The molecule has 0 aliphatic heterocycles. The monoisotopic (exact) mass is 278 g/mol. The van der Waals surface area contributed by atoms with Crippen molar-refractivity contribution in [3.8, 4) is 5.75 Å². The van der Waals surface area contributed by atoms with Crippen LogP contribution in [0.2, 0.25) is 0 Å². The van der Waals surface area contributed by atoms with Crippen LogP contribution in [-0.2, 0) is 4.79 Å². The Morgan fingerprint density at radius 3 is 2.60 bits per heavy atom. The third-order valence-corrected chi connectivity index (χ3v) is 3.12. The molecular weight excluding hydrogens is 252 g/mol. The fourth-order valence-electron chi connectivity index (χ4n) is 1.99. The molecule has 1 amide bonds. The van der Waals surface area contributed by atoms with Gasteiger partial charge in [-0.2, -0.15) is 0 Å². The topological polar surface area (TPSA) is 50.4 Å². The molecule has 1 unspecified atom stereocenters. The molecule has 0 radical (unpaired) electrons. The van der Waals surface area contributed by atoms with Crippen LogP contribution in [0.25, 0.3) is 0 Å². The minimum Gasteiger partial charge on any atom is -0.483 e. The molecule has 0 spiro atoms. The van der Waals surface area contributed by atoms with Crippen molar-refractivity contribution < 1.29 is 9.53 Å². The van der Waals surface area contributed by atoms with Crippen LogP contribution < -0.4 is 15.4 Å². The van der Waals surface area contributed by atoms with Gasteiger partial charge < -0.3 is 15.4 Å². The van der Waals surface area contributed by atoms with Gasteiger partial charge in [0.25, 0.3) is 5.91 Å². The average molecular weight is 278 g/mol. The summed E-state index contributed by atoms with van der Waals surface area (Å²) in [4.78, 5) is 11.7. The number of hydrogen-bond acceptors (Lipinski definition) is 3. The number of amides is 1. The van der Waals surface area contributed by atoms with Gasteiger partial charge in [-0.15, -0.1) is 0 Å². The second-order valence-corrected chi connectivity index (χ2v) is 5.27. The largest absolute Gasteiger partial charge is 0.483 e. The lowest BCUT2D eigenvalue weighted by Crippen LogP contribution is -2.32. The second kappa shape index (κ2) is 8.59. The Morgan fingerprint density at radius 2 is 2.00 bits per heavy atom. The molecule has 4 heteroatoms. The zero-order valence-corrected chi connectivity index (χ0v) is 12.9. The molecule has 0 saturated carbocycles. The third kappa shape index (κ3) is 5.21. The fourth-order valence-corrected chi connectivity index (χ4v) is 1.99. The molecule has 0 aliphatic carbocycles. The maximum Gasteiger partial charge on any atom is 0.257 e. The molecule has 1 rings (SSSR count). The summed E-state index contributed by atoms with van der Waals surface area (Å²) in [5.74, 6) is 1.14. The Hall–Kier alpha value is -1.55. The van der Waals surface area contributed by atoms with E-state index in [1.54, 1.807) is 0 Å². The maximum atomic E-state index is 11.7. The molecule has 0 aliphatic rings. The van der Waals surface area contributed by atoms with Gasteiger partial charge >= 0.3 is 0 Å². The molecule has 1 aromatic carbocycles. The van der Waals surface area contributed by atoms with Crippen LogP contribution in [0.3, 0.4) is 0 Å². The molecule has 20 heavy (non-hydrogen) atoms. The van der Waals surface area contributed by atoms with Gasteiger partial charge in [-0.25, -0.2) is 0 Å². The van der Waals surface area contributed by atoms with Crippen molar-refractivity contribution in [1.29, 1.82) is 0 Å². The predicted octanol–water partition coefficient (Wildman–Crippen LogP) is 2.51. The molecule has 1 atom stereocenters. The zero-order chi connectivity index (χ0) is 15.0. The molecule has 0 aromatic heterocycles. The highest BCUT2D eigenvalue weighted by molar-refractivity contribution is 5.77. The average Bonchev–Trinajstić information content (AvgIpc) is 2.45. The van der Waals surface area contributed by atoms with Crippen LogP contribution in [0.4, 0.5) is 0 Å². The molecule has 1 aromatic rings. The SMILES string of the molecule is CCC(NC)c1ccccc1OCC(=O)NCC(C)C. The van der Waals surface area contributed by atoms with Crippen LogP contribution in [0, 0.1) is 5.92 Å². The van der Waals surface area contributed by atoms with Crippen molar-refractivity contribution >= 4 is 5.91 Å². The molecule has 0 saturated heterocycles. The van der Waals surface area contributed by atoms with Crippen LogP contribution in [0.1, 0.15) is 38.8 Å². The van der Waals surface area contributed by atoms with Gasteiger partial charge in [-0.3, -0.25) is 4.79 Å². The summed E-state index contributed by atoms with van der Waals surface area (Å²) in [5, 5.41) is 6.11. The minimum atomic E-state index is -0.0778. The van der Waals surface area contributed by atoms with Gasteiger partial charge in [0.05, 0.1) is 0 Å². The van der Waals surface area contributed by atoms with Gasteiger partial charge in [0, 0.05) is 18.2 Å². The molecule has 112 valence electrons. The van der Waals surface area contributed by atoms with E-state index in [0.717, 1.165) is 17.7 Å². The number of benzene rings is 1. The number of para-hydroxylation sites is 1. The molecule has 4 nitrogen and oxygen atoms in total. The summed E-state index contributed by atoms with van der Waals surface area (Å²) in [6, 6.07) is 8.09. The Kier molecular flexibility index (Phi) is 7.09. The quantitative estimate of drug-likeness (QED) is 0.768. The number of nitrogens with one attached hydrogen (secondary N) is 2. The lowest BCUT2D eigenvalue weighted by atomic mass is 10.0. The van der Waals surface area contributed by atoms with E-state index in [1.165, 1.54) is 0 Å². The minimum absolute atomic E-state index is 0.0594. The molecular formula is C16H26N2O2. The van der Waals surface area contributed by atoms with Gasteiger partial charge in [0.15, 0.2) is 6.61 Å². The number of ether oxygens (including phenoxy) is 1. The zero-order valence-electron chi connectivity index (χ0n) is 12.9. The molecule has 0 bridgehead atoms. The first-order valence-corrected chi connectivity index (χ1v) is 7.24. The lowest BCUT2D eigenvalue weighted by Gasteiger charge is -2.18. The van der Waals surface area contributed by atoms with Crippen molar-refractivity contribution in [2.75, 3.05) is 20.2 Å². The normalized spacial score (nSPS) is 12.2. The van der Waals surface area contributed by atoms with Crippen molar-refractivity contribution in [1.82, 2.24) is 10.6 Å². The van der Waals surface area contributed by atoms with Crippen molar-refractivity contribution in [2.24, 2.45) is 5.92 Å². The van der Waals surface area contributed by atoms with Crippen LogP contribution in [0.5, 0.6) is 5.75 Å². The summed E-state index contributed by atoms with van der Waals surface area (Å²) >= 11 is 0. The summed E-state index contributed by atoms with van der Waals surface area (Å²) < 4.78 is 5.66. The highest BCUT2D eigenvalue weighted by atomic mass is 16.5. The van der Waals surface area contributed by atoms with Crippen LogP contribution in [0.15, 0.2) is 24.3 Å². The van der Waals surface area contributed by atoms with Crippen molar-refractivity contribution in [3.63, 3.8) is 0 Å². The second-order valence-electron chi connectivity index (χ2n) is 5.27. The summed E-state index contributed by atoms with van der Waals surface area (Å²) in [5.41, 5.74) is 1.09. The predicted molar refractivity (Wildman–Crippen MR) is 81.9 cm³/mol. The van der Waals surface area contributed by atoms with Crippen molar-refractivity contribution in [3.05, 3.63) is 29.8 Å². The lowest BCUT2D eigenvalue weighted by molar-refractivity contribution is -0.123. The Labute approximate surface area is 121 Å². The van der Waals surface area contributed by atoms with E-state index in [0.29, 0.717) is 12.5 Å². The summed E-state index contributed by atoms with van der Waals surface area (Å²) in [6.07, 6.45) is 0.969. The first kappa shape index (κ1) is 16.5. The Bertz CT molecular complexity index is 415. The smallest absolute Gasteiger partial charge is 0.257 e. The summed E-state index contributed by atoms with van der Waals surface area (Å²) in [7, 11) is 1.93. The fraction of sp³-hybridized carbons (Fsp3) is 0.562. The van der Waals surface area contributed by atoms with Crippen LogP contribution >= 0.6 is 0 Å². The van der Waals surface area contributed by atoms with Gasteiger partial charge in [-0.1, -0.05) is 39.0 Å². The molecule has 2 N–H and O–H groups in total. The maximum absolute atomic E-state index is 11.7. The van der Waals surface area contributed by atoms with Gasteiger partial charge in [0.2, 0.25) is 0 Å². The number of rotatable bonds is 8. The van der Waals surface area contributed by atoms with E-state index in [9.17, 15) is 4.79 Å². The van der Waals surface area contributed by atoms with E-state index < -0.39 is 0 Å². The van der Waals surface area contributed by atoms with E-state index in [4.69, 9.17) is 4.74 Å². The third-order valence-electron chi connectivity index (χ3n) is 3.12. The van der Waals surface area contributed by atoms with E-state index in [-0.39, 0.29) is 18.6 Å². The van der Waals surface area contributed by atoms with Gasteiger partial charge in [0.1, 0.15) is 5.75 Å². The highest BCUT2D eigenvalue weighted by Gasteiger charge is 2.13. The Morgan fingerprint density at radius 1 is 1.30 bits per heavy atom. The Balaban J connectivity index is 2.61. The van der Waals surface area contributed by atoms with Crippen molar-refractivity contribution in [2.45, 2.75) is 33.2 Å². The van der Waals surface area contributed by atoms with E-state index >= 15 is 0 Å². The summed E-state index contributed by atoms with van der Waals surface area (Å²) in [6.45, 7) is 6.99. The number of carbonyl (C=O) groups is 1. The van der Waals surface area contributed by atoms with Gasteiger partial charge in [-0.05, 0) is 25.5 Å². The number of carbonyl (C=O) groups excluding carboxylic acids is 1. The van der Waals surface area contributed by atoms with E-state index in [1.807, 2.05) is 31.3 Å². The first-order chi connectivity index (χ1) is 9.58. The van der Waals surface area contributed by atoms with Crippen LogP contribution in [-0.4, -0.2) is 26.1 Å². The van der Waals surface area contributed by atoms with E-state index in [2.05, 4.69) is 31.4 Å². The molecule has 0 heterocycles.